The summed E-state index contributed by atoms with van der Waals surface area (Å²) in [5.74, 6) is -1.94. The summed E-state index contributed by atoms with van der Waals surface area (Å²) in [5.41, 5.74) is 0.572. The fourth-order valence-electron chi connectivity index (χ4n) is 2.01. The van der Waals surface area contributed by atoms with Crippen LogP contribution in [-0.4, -0.2) is 25.0 Å². The summed E-state index contributed by atoms with van der Waals surface area (Å²) in [7, 11) is 1.25. The predicted molar refractivity (Wildman–Crippen MR) is 83.2 cm³/mol. The smallest absolute Gasteiger partial charge is 0.328 e. The molecule has 0 bridgehead atoms. The van der Waals surface area contributed by atoms with Gasteiger partial charge in [0.25, 0.3) is 5.91 Å². The number of carbonyl (C=O) groups is 2. The van der Waals surface area contributed by atoms with Crippen LogP contribution in [0.5, 0.6) is 0 Å². The van der Waals surface area contributed by atoms with Gasteiger partial charge in [0.05, 0.1) is 12.7 Å². The van der Waals surface area contributed by atoms with Gasteiger partial charge in [0, 0.05) is 0 Å². The molecule has 1 unspecified atom stereocenters. The van der Waals surface area contributed by atoms with Crippen LogP contribution in [0.2, 0.25) is 0 Å². The molecule has 5 heteroatoms. The summed E-state index contributed by atoms with van der Waals surface area (Å²) < 4.78 is 18.6. The van der Waals surface area contributed by atoms with Crippen LogP contribution in [0.4, 0.5) is 4.39 Å². The molecule has 0 aliphatic carbocycles. The average molecular weight is 309 g/mol. The van der Waals surface area contributed by atoms with Gasteiger partial charge in [0.2, 0.25) is 0 Å². The van der Waals surface area contributed by atoms with Crippen molar-refractivity contribution >= 4 is 11.9 Å². The second kappa shape index (κ2) is 6.90. The van der Waals surface area contributed by atoms with E-state index in [1.807, 2.05) is 20.8 Å². The first kappa shape index (κ1) is 18.1. The SMILES string of the molecule is COC(=O)C(NC(=O)c1cc(C(C)(C)C)ccc1F)C(C)C. The Balaban J connectivity index is 3.09. The molecule has 0 aliphatic heterocycles. The zero-order valence-corrected chi connectivity index (χ0v) is 14.0. The number of halogens is 1. The van der Waals surface area contributed by atoms with Crippen molar-refractivity contribution in [3.8, 4) is 0 Å². The van der Waals surface area contributed by atoms with Gasteiger partial charge in [-0.05, 0) is 29.0 Å². The lowest BCUT2D eigenvalue weighted by molar-refractivity contribution is -0.144. The standard InChI is InChI=1S/C17H24FNO3/c1-10(2)14(16(21)22-6)19-15(20)12-9-11(17(3,4)5)7-8-13(12)18/h7-10,14H,1-6H3,(H,19,20). The molecule has 1 amide bonds. The van der Waals surface area contributed by atoms with E-state index < -0.39 is 23.7 Å². The second-order valence-corrected chi connectivity index (χ2v) is 6.66. The molecule has 0 fully saturated rings. The molecule has 1 N–H and O–H groups in total. The zero-order chi connectivity index (χ0) is 17.1. The molecule has 1 atom stereocenters. The number of hydrogen-bond acceptors (Lipinski definition) is 3. The molecule has 1 aromatic rings. The summed E-state index contributed by atoms with van der Waals surface area (Å²) in [6.07, 6.45) is 0. The lowest BCUT2D eigenvalue weighted by Crippen LogP contribution is -2.45. The maximum Gasteiger partial charge on any atom is 0.328 e. The minimum Gasteiger partial charge on any atom is -0.467 e. The van der Waals surface area contributed by atoms with Crippen LogP contribution >= 0.6 is 0 Å². The van der Waals surface area contributed by atoms with Gasteiger partial charge in [-0.25, -0.2) is 9.18 Å². The molecular formula is C17H24FNO3. The number of nitrogens with one attached hydrogen (secondary N) is 1. The van der Waals surface area contributed by atoms with Gasteiger partial charge in [-0.15, -0.1) is 0 Å². The van der Waals surface area contributed by atoms with Crippen molar-refractivity contribution in [3.63, 3.8) is 0 Å². The molecular weight excluding hydrogens is 285 g/mol. The number of carbonyl (C=O) groups excluding carboxylic acids is 2. The van der Waals surface area contributed by atoms with E-state index in [4.69, 9.17) is 0 Å². The molecule has 122 valence electrons. The highest BCUT2D eigenvalue weighted by atomic mass is 19.1. The third kappa shape index (κ3) is 4.29. The lowest BCUT2D eigenvalue weighted by atomic mass is 9.86. The summed E-state index contributed by atoms with van der Waals surface area (Å²) in [5, 5.41) is 2.55. The van der Waals surface area contributed by atoms with Gasteiger partial charge in [-0.2, -0.15) is 0 Å². The fourth-order valence-corrected chi connectivity index (χ4v) is 2.01. The van der Waals surface area contributed by atoms with E-state index in [1.165, 1.54) is 19.2 Å². The molecule has 1 aromatic carbocycles. The molecule has 0 saturated heterocycles. The van der Waals surface area contributed by atoms with Crippen LogP contribution in [-0.2, 0) is 14.9 Å². The van der Waals surface area contributed by atoms with E-state index in [0.29, 0.717) is 0 Å². The van der Waals surface area contributed by atoms with Gasteiger partial charge >= 0.3 is 5.97 Å². The Kier molecular flexibility index (Phi) is 5.69. The normalized spacial score (nSPS) is 12.9. The largest absolute Gasteiger partial charge is 0.467 e. The van der Waals surface area contributed by atoms with Crippen LogP contribution in [0.1, 0.15) is 50.5 Å². The van der Waals surface area contributed by atoms with Gasteiger partial charge in [0.15, 0.2) is 0 Å². The van der Waals surface area contributed by atoms with Crippen LogP contribution in [0.3, 0.4) is 0 Å². The average Bonchev–Trinajstić information content (AvgIpc) is 2.42. The van der Waals surface area contributed by atoms with Crippen LogP contribution in [0, 0.1) is 11.7 Å². The van der Waals surface area contributed by atoms with Crippen molar-refractivity contribution < 1.29 is 18.7 Å². The second-order valence-electron chi connectivity index (χ2n) is 6.66. The first-order valence-corrected chi connectivity index (χ1v) is 7.26. The summed E-state index contributed by atoms with van der Waals surface area (Å²) in [6, 6.07) is 3.65. The highest BCUT2D eigenvalue weighted by molar-refractivity contribution is 5.97. The molecule has 0 heterocycles. The number of rotatable bonds is 4. The Labute approximate surface area is 131 Å². The van der Waals surface area contributed by atoms with Gasteiger partial charge in [-0.1, -0.05) is 40.7 Å². The van der Waals surface area contributed by atoms with E-state index in [-0.39, 0.29) is 16.9 Å². The van der Waals surface area contributed by atoms with Crippen LogP contribution in [0.25, 0.3) is 0 Å². The molecule has 1 rings (SSSR count). The number of benzene rings is 1. The molecule has 0 spiro atoms. The van der Waals surface area contributed by atoms with Crippen LogP contribution in [0.15, 0.2) is 18.2 Å². The zero-order valence-electron chi connectivity index (χ0n) is 14.0. The molecule has 0 aliphatic rings. The van der Waals surface area contributed by atoms with Crippen molar-refractivity contribution in [2.45, 2.75) is 46.1 Å². The Bertz CT molecular complexity index is 562. The minimum atomic E-state index is -0.810. The van der Waals surface area contributed by atoms with E-state index in [2.05, 4.69) is 10.1 Å². The van der Waals surface area contributed by atoms with E-state index in [1.54, 1.807) is 19.9 Å². The molecule has 0 radical (unpaired) electrons. The Morgan fingerprint density at radius 2 is 1.82 bits per heavy atom. The molecule has 4 nitrogen and oxygen atoms in total. The van der Waals surface area contributed by atoms with Crippen LogP contribution < -0.4 is 5.32 Å². The number of hydrogen-bond donors (Lipinski definition) is 1. The Morgan fingerprint density at radius 3 is 2.27 bits per heavy atom. The quantitative estimate of drug-likeness (QED) is 0.870. The highest BCUT2D eigenvalue weighted by Gasteiger charge is 2.27. The maximum atomic E-state index is 14.0. The lowest BCUT2D eigenvalue weighted by Gasteiger charge is -2.22. The first-order valence-electron chi connectivity index (χ1n) is 7.26. The molecule has 22 heavy (non-hydrogen) atoms. The highest BCUT2D eigenvalue weighted by Crippen LogP contribution is 2.24. The third-order valence-corrected chi connectivity index (χ3v) is 3.49. The molecule has 0 saturated carbocycles. The number of ether oxygens (including phenoxy) is 1. The Morgan fingerprint density at radius 1 is 1.23 bits per heavy atom. The van der Waals surface area contributed by atoms with Gasteiger partial charge in [-0.3, -0.25) is 4.79 Å². The number of esters is 1. The van der Waals surface area contributed by atoms with E-state index in [0.717, 1.165) is 5.56 Å². The van der Waals surface area contributed by atoms with Crippen molar-refractivity contribution in [1.82, 2.24) is 5.32 Å². The maximum absolute atomic E-state index is 14.0. The minimum absolute atomic E-state index is 0.0676. The summed E-state index contributed by atoms with van der Waals surface area (Å²) >= 11 is 0. The topological polar surface area (TPSA) is 55.4 Å². The third-order valence-electron chi connectivity index (χ3n) is 3.49. The predicted octanol–water partition coefficient (Wildman–Crippen LogP) is 3.05. The monoisotopic (exact) mass is 309 g/mol. The van der Waals surface area contributed by atoms with E-state index in [9.17, 15) is 14.0 Å². The van der Waals surface area contributed by atoms with E-state index >= 15 is 0 Å². The van der Waals surface area contributed by atoms with Crippen molar-refractivity contribution in [2.24, 2.45) is 5.92 Å². The Hall–Kier alpha value is -1.91. The van der Waals surface area contributed by atoms with Crippen molar-refractivity contribution in [1.29, 1.82) is 0 Å². The number of methoxy groups -OCH3 is 1. The van der Waals surface area contributed by atoms with Crippen molar-refractivity contribution in [3.05, 3.63) is 35.1 Å². The van der Waals surface area contributed by atoms with Gasteiger partial charge < -0.3 is 10.1 Å². The number of amides is 1. The van der Waals surface area contributed by atoms with Crippen molar-refractivity contribution in [2.75, 3.05) is 7.11 Å². The fraction of sp³-hybridized carbons (Fsp3) is 0.529. The summed E-state index contributed by atoms with van der Waals surface area (Å²) in [6.45, 7) is 9.50. The summed E-state index contributed by atoms with van der Waals surface area (Å²) in [4.78, 5) is 24.0. The first-order chi connectivity index (χ1) is 10.1. The van der Waals surface area contributed by atoms with Gasteiger partial charge in [0.1, 0.15) is 11.9 Å². The molecule has 0 aromatic heterocycles.